The number of carboxylic acid groups (broad SMARTS) is 1. The average Bonchev–Trinajstić information content (AvgIpc) is 2.72. The van der Waals surface area contributed by atoms with Gasteiger partial charge in [-0.25, -0.2) is 4.79 Å². The van der Waals surface area contributed by atoms with E-state index >= 15 is 0 Å². The van der Waals surface area contributed by atoms with Crippen LogP contribution in [0.4, 0.5) is 0 Å². The van der Waals surface area contributed by atoms with Gasteiger partial charge in [-0.05, 0) is 35.7 Å². The van der Waals surface area contributed by atoms with Crippen LogP contribution in [0.2, 0.25) is 0 Å². The number of carbonyl (C=O) groups is 1. The van der Waals surface area contributed by atoms with Crippen molar-refractivity contribution in [1.82, 2.24) is 4.98 Å². The van der Waals surface area contributed by atoms with E-state index in [9.17, 15) is 9.90 Å². The Morgan fingerprint density at radius 3 is 2.74 bits per heavy atom. The molecule has 1 aromatic heterocycles. The average molecular weight is 359 g/mol. The Morgan fingerprint density at radius 1 is 1.15 bits per heavy atom. The fraction of sp³-hybridized carbons (Fsp3) is 0.0909. The Morgan fingerprint density at radius 2 is 2.00 bits per heavy atom. The van der Waals surface area contributed by atoms with Crippen molar-refractivity contribution in [3.63, 3.8) is 0 Å². The molecule has 0 saturated carbocycles. The number of aromatic carboxylic acids is 1. The Kier molecular flexibility index (Phi) is 4.58. The van der Waals surface area contributed by atoms with Crippen LogP contribution in [0.15, 0.2) is 79.2 Å². The Bertz CT molecular complexity index is 1040. The third kappa shape index (κ3) is 3.40. The van der Waals surface area contributed by atoms with Gasteiger partial charge in [0, 0.05) is 17.1 Å². The van der Waals surface area contributed by atoms with Crippen LogP contribution in [0, 0.1) is 0 Å². The third-order valence-corrected chi connectivity index (χ3v) is 4.34. The molecule has 0 bridgehead atoms. The summed E-state index contributed by atoms with van der Waals surface area (Å²) >= 11 is 0. The van der Waals surface area contributed by atoms with Gasteiger partial charge in [0.1, 0.15) is 24.0 Å². The minimum atomic E-state index is -1.06. The van der Waals surface area contributed by atoms with Crippen molar-refractivity contribution in [2.24, 2.45) is 0 Å². The number of hydrogen-bond donors (Lipinski definition) is 1. The Labute approximate surface area is 156 Å². The lowest BCUT2D eigenvalue weighted by molar-refractivity contribution is 0.0685. The molecule has 4 rings (SSSR count). The molecule has 0 radical (unpaired) electrons. The molecule has 0 amide bonds. The second-order valence-electron chi connectivity index (χ2n) is 6.08. The number of carboxylic acids is 1. The molecular weight excluding hydrogens is 342 g/mol. The second-order valence-corrected chi connectivity index (χ2v) is 6.08. The lowest BCUT2D eigenvalue weighted by atomic mass is 9.95. The number of hydrogen-bond acceptors (Lipinski definition) is 4. The molecule has 1 aliphatic heterocycles. The van der Waals surface area contributed by atoms with E-state index in [0.717, 1.165) is 16.5 Å². The normalized spacial score (nSPS) is 15.5. The predicted molar refractivity (Wildman–Crippen MR) is 102 cm³/mol. The SMILES string of the molecule is O=C(O)c1c(C2C=CC=CO2)cc2ccccc2c1OCc1ccccn1. The van der Waals surface area contributed by atoms with E-state index in [1.807, 2.05) is 60.7 Å². The molecule has 0 aliphatic carbocycles. The maximum Gasteiger partial charge on any atom is 0.339 e. The first-order valence-electron chi connectivity index (χ1n) is 8.54. The molecule has 1 aliphatic rings. The number of allylic oxidation sites excluding steroid dienone is 2. The van der Waals surface area contributed by atoms with Crippen molar-refractivity contribution in [2.45, 2.75) is 12.7 Å². The van der Waals surface area contributed by atoms with Gasteiger partial charge in [-0.1, -0.05) is 36.4 Å². The Hall–Kier alpha value is -3.60. The van der Waals surface area contributed by atoms with Gasteiger partial charge in [0.15, 0.2) is 0 Å². The third-order valence-electron chi connectivity index (χ3n) is 4.34. The topological polar surface area (TPSA) is 68.7 Å². The van der Waals surface area contributed by atoms with Crippen molar-refractivity contribution in [2.75, 3.05) is 0 Å². The molecule has 1 unspecified atom stereocenters. The van der Waals surface area contributed by atoms with Crippen molar-refractivity contribution in [1.29, 1.82) is 0 Å². The van der Waals surface area contributed by atoms with Gasteiger partial charge in [-0.15, -0.1) is 0 Å². The molecule has 134 valence electrons. The van der Waals surface area contributed by atoms with E-state index in [2.05, 4.69) is 4.98 Å². The van der Waals surface area contributed by atoms with E-state index in [-0.39, 0.29) is 12.2 Å². The van der Waals surface area contributed by atoms with Gasteiger partial charge in [0.25, 0.3) is 0 Å². The molecule has 2 aromatic carbocycles. The highest BCUT2D eigenvalue weighted by molar-refractivity contribution is 6.02. The molecule has 5 nitrogen and oxygen atoms in total. The van der Waals surface area contributed by atoms with Crippen LogP contribution in [0.5, 0.6) is 5.75 Å². The number of ether oxygens (including phenoxy) is 2. The fourth-order valence-electron chi connectivity index (χ4n) is 3.12. The van der Waals surface area contributed by atoms with Crippen LogP contribution >= 0.6 is 0 Å². The van der Waals surface area contributed by atoms with Crippen molar-refractivity contribution < 1.29 is 19.4 Å². The van der Waals surface area contributed by atoms with E-state index < -0.39 is 12.1 Å². The number of aromatic nitrogens is 1. The highest BCUT2D eigenvalue weighted by Crippen LogP contribution is 2.38. The summed E-state index contributed by atoms with van der Waals surface area (Å²) in [4.78, 5) is 16.4. The zero-order valence-electron chi connectivity index (χ0n) is 14.4. The highest BCUT2D eigenvalue weighted by atomic mass is 16.5. The maximum atomic E-state index is 12.1. The van der Waals surface area contributed by atoms with Crippen LogP contribution in [0.3, 0.4) is 0 Å². The summed E-state index contributed by atoms with van der Waals surface area (Å²) in [6.07, 6.45) is 8.17. The molecule has 0 spiro atoms. The van der Waals surface area contributed by atoms with E-state index in [4.69, 9.17) is 9.47 Å². The van der Waals surface area contributed by atoms with Gasteiger partial charge in [-0.2, -0.15) is 0 Å². The number of nitrogens with zero attached hydrogens (tertiary/aromatic N) is 1. The first-order valence-corrected chi connectivity index (χ1v) is 8.54. The van der Waals surface area contributed by atoms with Gasteiger partial charge >= 0.3 is 5.97 Å². The number of benzene rings is 2. The quantitative estimate of drug-likeness (QED) is 0.718. The van der Waals surface area contributed by atoms with Crippen LogP contribution in [0.1, 0.15) is 27.7 Å². The predicted octanol–water partition coefficient (Wildman–Crippen LogP) is 4.65. The van der Waals surface area contributed by atoms with Crippen molar-refractivity contribution >= 4 is 16.7 Å². The van der Waals surface area contributed by atoms with Crippen LogP contribution in [0.25, 0.3) is 10.8 Å². The molecule has 2 heterocycles. The summed E-state index contributed by atoms with van der Waals surface area (Å²) in [7, 11) is 0. The van der Waals surface area contributed by atoms with Crippen LogP contribution in [-0.4, -0.2) is 16.1 Å². The van der Waals surface area contributed by atoms with Crippen LogP contribution in [-0.2, 0) is 11.3 Å². The van der Waals surface area contributed by atoms with Gasteiger partial charge in [0.05, 0.1) is 12.0 Å². The standard InChI is InChI=1S/C22H17NO4/c24-22(25)20-18(19-10-4-6-12-26-19)13-15-7-1-2-9-17(15)21(20)27-14-16-8-3-5-11-23-16/h1-13,19H,14H2,(H,24,25). The van der Waals surface area contributed by atoms with E-state index in [0.29, 0.717) is 11.3 Å². The van der Waals surface area contributed by atoms with Crippen molar-refractivity contribution in [3.05, 3.63) is 96.0 Å². The number of pyridine rings is 1. The summed E-state index contributed by atoms with van der Waals surface area (Å²) < 4.78 is 11.6. The van der Waals surface area contributed by atoms with Gasteiger partial charge in [-0.3, -0.25) is 4.98 Å². The molecule has 0 fully saturated rings. The molecule has 27 heavy (non-hydrogen) atoms. The molecule has 1 N–H and O–H groups in total. The summed E-state index contributed by atoms with van der Waals surface area (Å²) in [5.74, 6) is -0.730. The minimum absolute atomic E-state index is 0.106. The van der Waals surface area contributed by atoms with Crippen molar-refractivity contribution in [3.8, 4) is 5.75 Å². The van der Waals surface area contributed by atoms with Gasteiger partial charge < -0.3 is 14.6 Å². The zero-order chi connectivity index (χ0) is 18.6. The summed E-state index contributed by atoms with van der Waals surface area (Å²) in [5.41, 5.74) is 1.38. The van der Waals surface area contributed by atoms with Crippen LogP contribution < -0.4 is 4.74 Å². The largest absolute Gasteiger partial charge is 0.489 e. The summed E-state index contributed by atoms with van der Waals surface area (Å²) in [6.45, 7) is 0.176. The lowest BCUT2D eigenvalue weighted by Crippen LogP contribution is -2.12. The highest BCUT2D eigenvalue weighted by Gasteiger charge is 2.25. The molecule has 0 saturated heterocycles. The number of rotatable bonds is 5. The lowest BCUT2D eigenvalue weighted by Gasteiger charge is -2.21. The molecule has 3 aromatic rings. The smallest absolute Gasteiger partial charge is 0.339 e. The Balaban J connectivity index is 1.85. The summed E-state index contributed by atoms with van der Waals surface area (Å²) in [6, 6.07) is 14.9. The van der Waals surface area contributed by atoms with E-state index in [1.54, 1.807) is 18.5 Å². The second kappa shape index (κ2) is 7.33. The van der Waals surface area contributed by atoms with E-state index in [1.165, 1.54) is 0 Å². The minimum Gasteiger partial charge on any atom is -0.489 e. The fourth-order valence-corrected chi connectivity index (χ4v) is 3.12. The van der Waals surface area contributed by atoms with Gasteiger partial charge in [0.2, 0.25) is 0 Å². The number of fused-ring (bicyclic) bond motifs is 1. The molecule has 1 atom stereocenters. The monoisotopic (exact) mass is 359 g/mol. The summed E-state index contributed by atoms with van der Waals surface area (Å²) in [5, 5.41) is 11.6. The zero-order valence-corrected chi connectivity index (χ0v) is 14.4. The maximum absolute atomic E-state index is 12.1. The molecule has 5 heteroatoms. The first kappa shape index (κ1) is 16.8. The molecular formula is C22H17NO4. The first-order chi connectivity index (χ1) is 13.2.